The lowest BCUT2D eigenvalue weighted by Crippen LogP contribution is -2.52. The molecule has 244 valence electrons. The lowest BCUT2D eigenvalue weighted by atomic mass is 9.76. The van der Waals surface area contributed by atoms with E-state index >= 15 is 4.39 Å². The molecule has 1 spiro atoms. The number of nitrogens with zero attached hydrogens (tertiary/aromatic N) is 2. The average molecular weight is 662 g/mol. The Bertz CT molecular complexity index is 1600. The highest BCUT2D eigenvalue weighted by Gasteiger charge is 2.45. The van der Waals surface area contributed by atoms with Gasteiger partial charge in [-0.05, 0) is 82.3 Å². The number of carbonyl (C=O) groups is 1. The smallest absolute Gasteiger partial charge is 0.264 e. The van der Waals surface area contributed by atoms with Gasteiger partial charge in [-0.1, -0.05) is 30.7 Å². The van der Waals surface area contributed by atoms with Crippen molar-refractivity contribution in [1.29, 1.82) is 0 Å². The summed E-state index contributed by atoms with van der Waals surface area (Å²) < 4.78 is 57.2. The standard InChI is InChI=1S/C33H41ClFN3O6S/c1-20-6-10-27(35)31(21(2)39)38-13-4-5-25(38)17-37-18-33(12-14-43-30-16-24(34)8-9-26(30)33)19-44-29-11-7-23(15-28(29)37)32(40)36-45(41,42)22(20)3/h7-11,15-16,20-22,25,31,39H,4-6,12-14,17-19H2,1-3H3,(H,36,40)/b27-10-/t20-,21+,22+,25-,31-,33-/m0/s1. The number of carbonyl (C=O) groups excluding carboxylic acids is 1. The maximum absolute atomic E-state index is 16.0. The fourth-order valence-electron chi connectivity index (χ4n) is 7.30. The number of nitrogens with one attached hydrogen (secondary N) is 1. The van der Waals surface area contributed by atoms with Crippen molar-refractivity contribution in [1.82, 2.24) is 9.62 Å². The van der Waals surface area contributed by atoms with Crippen molar-refractivity contribution in [2.75, 3.05) is 37.7 Å². The third kappa shape index (κ3) is 6.16. The zero-order valence-corrected chi connectivity index (χ0v) is 27.4. The van der Waals surface area contributed by atoms with Crippen LogP contribution in [0.15, 0.2) is 48.3 Å². The molecular weight excluding hydrogens is 621 g/mol. The number of halogens is 2. The number of hydrogen-bond acceptors (Lipinski definition) is 8. The molecule has 2 aromatic carbocycles. The molecule has 0 radical (unpaired) electrons. The monoisotopic (exact) mass is 661 g/mol. The Balaban J connectivity index is 1.47. The van der Waals surface area contributed by atoms with Crippen LogP contribution in [0, 0.1) is 5.92 Å². The van der Waals surface area contributed by atoms with Crippen molar-refractivity contribution in [3.05, 3.63) is 64.5 Å². The molecule has 12 heteroatoms. The molecule has 0 saturated carbocycles. The van der Waals surface area contributed by atoms with E-state index in [0.717, 1.165) is 18.4 Å². The van der Waals surface area contributed by atoms with Gasteiger partial charge in [-0.3, -0.25) is 9.69 Å². The first-order valence-electron chi connectivity index (χ1n) is 15.7. The molecule has 0 aliphatic carbocycles. The van der Waals surface area contributed by atoms with Crippen molar-refractivity contribution >= 4 is 33.2 Å². The third-order valence-electron chi connectivity index (χ3n) is 10.1. The number of anilines is 1. The number of hydrogen-bond donors (Lipinski definition) is 2. The number of ether oxygens (including phenoxy) is 2. The molecule has 1 saturated heterocycles. The van der Waals surface area contributed by atoms with Gasteiger partial charge < -0.3 is 19.5 Å². The van der Waals surface area contributed by atoms with E-state index in [-0.39, 0.29) is 18.0 Å². The second kappa shape index (κ2) is 12.4. The van der Waals surface area contributed by atoms with Crippen LogP contribution in [-0.2, 0) is 15.4 Å². The van der Waals surface area contributed by atoms with E-state index < -0.39 is 50.5 Å². The second-order valence-corrected chi connectivity index (χ2v) is 15.5. The minimum atomic E-state index is -4.08. The molecule has 6 rings (SSSR count). The summed E-state index contributed by atoms with van der Waals surface area (Å²) in [5.41, 5.74) is 1.35. The summed E-state index contributed by atoms with van der Waals surface area (Å²) in [5, 5.41) is 10.5. The minimum Gasteiger partial charge on any atom is -0.493 e. The summed E-state index contributed by atoms with van der Waals surface area (Å²) in [5.74, 6) is -0.415. The number of sulfonamides is 1. The molecule has 6 atom stereocenters. The van der Waals surface area contributed by atoms with Crippen LogP contribution in [0.25, 0.3) is 0 Å². The van der Waals surface area contributed by atoms with Gasteiger partial charge in [0.25, 0.3) is 5.91 Å². The van der Waals surface area contributed by atoms with Crippen molar-refractivity contribution in [3.8, 4) is 11.5 Å². The van der Waals surface area contributed by atoms with E-state index in [4.69, 9.17) is 21.1 Å². The van der Waals surface area contributed by atoms with Crippen LogP contribution in [0.5, 0.6) is 11.5 Å². The number of fused-ring (bicyclic) bond motifs is 4. The Morgan fingerprint density at radius 2 is 1.96 bits per heavy atom. The lowest BCUT2D eigenvalue weighted by Gasteiger charge is -2.42. The number of allylic oxidation sites excluding steroid dienone is 1. The highest BCUT2D eigenvalue weighted by atomic mass is 35.5. The Hall–Kier alpha value is -2.86. The summed E-state index contributed by atoms with van der Waals surface area (Å²) in [6, 6.07) is 9.66. The van der Waals surface area contributed by atoms with Gasteiger partial charge >= 0.3 is 0 Å². The van der Waals surface area contributed by atoms with Crippen molar-refractivity contribution < 1.29 is 32.2 Å². The van der Waals surface area contributed by atoms with E-state index in [0.29, 0.717) is 61.5 Å². The average Bonchev–Trinajstić information content (AvgIpc) is 3.38. The van der Waals surface area contributed by atoms with E-state index in [1.165, 1.54) is 13.0 Å². The summed E-state index contributed by atoms with van der Waals surface area (Å²) >= 11 is 6.32. The normalized spacial score (nSPS) is 32.2. The van der Waals surface area contributed by atoms with Crippen LogP contribution in [-0.4, -0.2) is 80.6 Å². The first-order chi connectivity index (χ1) is 21.4. The van der Waals surface area contributed by atoms with Gasteiger partial charge in [0, 0.05) is 35.3 Å². The number of aliphatic hydroxyl groups is 1. The summed E-state index contributed by atoms with van der Waals surface area (Å²) in [4.78, 5) is 17.6. The van der Waals surface area contributed by atoms with Crippen LogP contribution in [0.1, 0.15) is 62.4 Å². The molecule has 1 amide bonds. The quantitative estimate of drug-likeness (QED) is 0.448. The molecule has 4 aliphatic rings. The van der Waals surface area contributed by atoms with Crippen LogP contribution >= 0.6 is 11.6 Å². The van der Waals surface area contributed by atoms with E-state index in [2.05, 4.69) is 9.62 Å². The van der Waals surface area contributed by atoms with Gasteiger partial charge in [0.15, 0.2) is 0 Å². The Kier molecular flexibility index (Phi) is 8.84. The molecule has 1 fully saturated rings. The number of benzene rings is 2. The first-order valence-corrected chi connectivity index (χ1v) is 17.6. The van der Waals surface area contributed by atoms with Gasteiger partial charge in [-0.25, -0.2) is 17.5 Å². The highest BCUT2D eigenvalue weighted by Crippen LogP contribution is 2.46. The zero-order chi connectivity index (χ0) is 32.1. The van der Waals surface area contributed by atoms with Gasteiger partial charge in [0.2, 0.25) is 10.0 Å². The Labute approximate surface area is 269 Å². The van der Waals surface area contributed by atoms with E-state index in [9.17, 15) is 18.3 Å². The maximum atomic E-state index is 16.0. The minimum absolute atomic E-state index is 0.0987. The molecule has 2 N–H and O–H groups in total. The molecule has 4 heterocycles. The highest BCUT2D eigenvalue weighted by molar-refractivity contribution is 7.90. The molecule has 2 aromatic rings. The van der Waals surface area contributed by atoms with E-state index in [1.807, 2.05) is 23.1 Å². The van der Waals surface area contributed by atoms with E-state index in [1.54, 1.807) is 32.0 Å². The summed E-state index contributed by atoms with van der Waals surface area (Å²) in [6.07, 6.45) is 2.87. The molecule has 2 bridgehead atoms. The van der Waals surface area contributed by atoms with Gasteiger partial charge in [0.1, 0.15) is 17.3 Å². The summed E-state index contributed by atoms with van der Waals surface area (Å²) in [6.45, 7) is 7.26. The van der Waals surface area contributed by atoms with Crippen LogP contribution in [0.2, 0.25) is 5.02 Å². The second-order valence-electron chi connectivity index (χ2n) is 13.1. The number of aliphatic hydroxyl groups excluding tert-OH is 1. The summed E-state index contributed by atoms with van der Waals surface area (Å²) in [7, 11) is -4.08. The maximum Gasteiger partial charge on any atom is 0.264 e. The van der Waals surface area contributed by atoms with Crippen LogP contribution in [0.3, 0.4) is 0 Å². The SMILES string of the molecule is C[C@@H]1[C@@H](C)C/C=C(\F)[C@H]([C@@H](C)O)N2CCC[C@H]2CN2C[C@@]3(CCOc4cc(Cl)ccc43)COc3ccc(cc32)C(=O)NS1(=O)=O. The van der Waals surface area contributed by atoms with Gasteiger partial charge in [-0.2, -0.15) is 0 Å². The Morgan fingerprint density at radius 1 is 1.16 bits per heavy atom. The van der Waals surface area contributed by atoms with Gasteiger partial charge in [-0.15, -0.1) is 0 Å². The fourth-order valence-corrected chi connectivity index (χ4v) is 8.75. The molecule has 9 nitrogen and oxygen atoms in total. The fraction of sp³-hybridized carbons (Fsp3) is 0.545. The molecule has 0 unspecified atom stereocenters. The lowest BCUT2D eigenvalue weighted by molar-refractivity contribution is 0.0610. The molecule has 45 heavy (non-hydrogen) atoms. The zero-order valence-electron chi connectivity index (χ0n) is 25.8. The molecular formula is C33H41ClFN3O6S. The third-order valence-corrected chi connectivity index (χ3v) is 12.2. The molecule has 0 aromatic heterocycles. The molecule has 4 aliphatic heterocycles. The number of rotatable bonds is 1. The van der Waals surface area contributed by atoms with Crippen LogP contribution < -0.4 is 19.1 Å². The largest absolute Gasteiger partial charge is 0.493 e. The Morgan fingerprint density at radius 3 is 2.73 bits per heavy atom. The van der Waals surface area contributed by atoms with Crippen LogP contribution in [0.4, 0.5) is 10.1 Å². The van der Waals surface area contributed by atoms with Crippen molar-refractivity contribution in [2.45, 2.75) is 75.3 Å². The van der Waals surface area contributed by atoms with Crippen molar-refractivity contribution in [3.63, 3.8) is 0 Å². The van der Waals surface area contributed by atoms with Gasteiger partial charge in [0.05, 0.1) is 41.7 Å². The number of amides is 1. The predicted molar refractivity (Wildman–Crippen MR) is 171 cm³/mol. The van der Waals surface area contributed by atoms with Crippen molar-refractivity contribution in [2.24, 2.45) is 5.92 Å². The topological polar surface area (TPSA) is 108 Å². The predicted octanol–water partition coefficient (Wildman–Crippen LogP) is 4.81. The first kappa shape index (κ1) is 32.1.